The number of hydrogen-bond donors (Lipinski definition) is 1. The SMILES string of the molecule is O=c1[nH]c(CCCCc2ccccc2)nc2ncc(Br)cc12. The highest BCUT2D eigenvalue weighted by atomic mass is 79.9. The van der Waals surface area contributed by atoms with Crippen molar-refractivity contribution in [3.05, 3.63) is 68.8 Å². The molecule has 22 heavy (non-hydrogen) atoms. The number of pyridine rings is 1. The number of benzene rings is 1. The Morgan fingerprint density at radius 3 is 2.68 bits per heavy atom. The van der Waals surface area contributed by atoms with Crippen LogP contribution in [0.25, 0.3) is 11.0 Å². The Labute approximate surface area is 136 Å². The van der Waals surface area contributed by atoms with Crippen molar-refractivity contribution in [2.24, 2.45) is 0 Å². The molecule has 4 nitrogen and oxygen atoms in total. The molecule has 0 aliphatic heterocycles. The van der Waals surface area contributed by atoms with Crippen LogP contribution in [0.15, 0.2) is 51.9 Å². The maximum Gasteiger partial charge on any atom is 0.260 e. The van der Waals surface area contributed by atoms with E-state index in [-0.39, 0.29) is 5.56 Å². The summed E-state index contributed by atoms with van der Waals surface area (Å²) in [6.45, 7) is 0. The van der Waals surface area contributed by atoms with E-state index in [0.29, 0.717) is 16.9 Å². The summed E-state index contributed by atoms with van der Waals surface area (Å²) in [5.74, 6) is 0.709. The number of halogens is 1. The number of aromatic amines is 1. The largest absolute Gasteiger partial charge is 0.310 e. The van der Waals surface area contributed by atoms with E-state index < -0.39 is 0 Å². The molecule has 0 spiro atoms. The van der Waals surface area contributed by atoms with Crippen LogP contribution in [0, 0.1) is 0 Å². The van der Waals surface area contributed by atoms with Crippen molar-refractivity contribution in [2.75, 3.05) is 0 Å². The number of nitrogens with one attached hydrogen (secondary N) is 1. The van der Waals surface area contributed by atoms with Crippen molar-refractivity contribution in [2.45, 2.75) is 25.7 Å². The maximum atomic E-state index is 12.0. The van der Waals surface area contributed by atoms with Gasteiger partial charge in [0.05, 0.1) is 5.39 Å². The monoisotopic (exact) mass is 357 g/mol. The van der Waals surface area contributed by atoms with Crippen LogP contribution >= 0.6 is 15.9 Å². The van der Waals surface area contributed by atoms with Crippen LogP contribution in [0.2, 0.25) is 0 Å². The van der Waals surface area contributed by atoms with Crippen molar-refractivity contribution in [3.63, 3.8) is 0 Å². The van der Waals surface area contributed by atoms with E-state index in [1.54, 1.807) is 12.3 Å². The highest BCUT2D eigenvalue weighted by molar-refractivity contribution is 9.10. The van der Waals surface area contributed by atoms with Gasteiger partial charge < -0.3 is 4.98 Å². The minimum absolute atomic E-state index is 0.128. The molecule has 0 unspecified atom stereocenters. The van der Waals surface area contributed by atoms with Crippen LogP contribution in [-0.2, 0) is 12.8 Å². The number of nitrogens with zero attached hydrogens (tertiary/aromatic N) is 2. The molecule has 0 fully saturated rings. The second-order valence-electron chi connectivity index (χ2n) is 5.23. The zero-order valence-electron chi connectivity index (χ0n) is 12.1. The lowest BCUT2D eigenvalue weighted by Crippen LogP contribution is -2.12. The van der Waals surface area contributed by atoms with Crippen molar-refractivity contribution in [1.29, 1.82) is 0 Å². The van der Waals surface area contributed by atoms with Gasteiger partial charge in [0.15, 0.2) is 5.65 Å². The van der Waals surface area contributed by atoms with Gasteiger partial charge in [0.1, 0.15) is 5.82 Å². The van der Waals surface area contributed by atoms with Crippen molar-refractivity contribution >= 4 is 27.0 Å². The summed E-state index contributed by atoms with van der Waals surface area (Å²) in [7, 11) is 0. The molecule has 0 saturated heterocycles. The van der Waals surface area contributed by atoms with Gasteiger partial charge in [-0.15, -0.1) is 0 Å². The predicted molar refractivity (Wildman–Crippen MR) is 90.9 cm³/mol. The summed E-state index contributed by atoms with van der Waals surface area (Å²) in [6.07, 6.45) is 5.52. The summed E-state index contributed by atoms with van der Waals surface area (Å²) in [5, 5.41) is 0.516. The fourth-order valence-electron chi connectivity index (χ4n) is 2.43. The number of hydrogen-bond acceptors (Lipinski definition) is 3. The van der Waals surface area contributed by atoms with E-state index in [9.17, 15) is 4.79 Å². The van der Waals surface area contributed by atoms with Crippen LogP contribution in [0.1, 0.15) is 24.2 Å². The smallest absolute Gasteiger partial charge is 0.260 e. The molecule has 0 saturated carbocycles. The summed E-state index contributed by atoms with van der Waals surface area (Å²) in [6, 6.07) is 12.2. The molecular weight excluding hydrogens is 342 g/mol. The van der Waals surface area contributed by atoms with Gasteiger partial charge in [-0.05, 0) is 46.8 Å². The van der Waals surface area contributed by atoms with Gasteiger partial charge in [-0.25, -0.2) is 9.97 Å². The summed E-state index contributed by atoms with van der Waals surface area (Å²) >= 11 is 3.32. The molecule has 1 aromatic carbocycles. The van der Waals surface area contributed by atoms with Gasteiger partial charge in [0, 0.05) is 17.1 Å². The molecular formula is C17H16BrN3O. The molecule has 0 amide bonds. The number of aryl methyl sites for hydroxylation is 2. The van der Waals surface area contributed by atoms with Gasteiger partial charge in [-0.1, -0.05) is 30.3 Å². The van der Waals surface area contributed by atoms with Gasteiger partial charge >= 0.3 is 0 Å². The fourth-order valence-corrected chi connectivity index (χ4v) is 2.76. The third-order valence-corrected chi connectivity index (χ3v) is 3.98. The second kappa shape index (κ2) is 6.83. The molecule has 112 valence electrons. The molecule has 0 atom stereocenters. The van der Waals surface area contributed by atoms with E-state index in [1.165, 1.54) is 5.56 Å². The Kier molecular flexibility index (Phi) is 4.63. The first-order chi connectivity index (χ1) is 10.7. The normalized spacial score (nSPS) is 11.0. The topological polar surface area (TPSA) is 58.6 Å². The highest BCUT2D eigenvalue weighted by Gasteiger charge is 2.05. The molecule has 3 aromatic rings. The van der Waals surface area contributed by atoms with Gasteiger partial charge in [0.25, 0.3) is 5.56 Å². The molecule has 2 heterocycles. The first-order valence-corrected chi connectivity index (χ1v) is 8.10. The number of fused-ring (bicyclic) bond motifs is 1. The quantitative estimate of drug-likeness (QED) is 0.709. The molecule has 3 rings (SSSR count). The zero-order valence-corrected chi connectivity index (χ0v) is 13.6. The lowest BCUT2D eigenvalue weighted by Gasteiger charge is -2.03. The molecule has 0 aliphatic carbocycles. The molecule has 5 heteroatoms. The van der Waals surface area contributed by atoms with Crippen molar-refractivity contribution in [3.8, 4) is 0 Å². The molecule has 0 bridgehead atoms. The predicted octanol–water partition coefficient (Wildman–Crippen LogP) is 3.65. The number of unbranched alkanes of at least 4 members (excludes halogenated alkanes) is 1. The Balaban J connectivity index is 1.64. The van der Waals surface area contributed by atoms with E-state index >= 15 is 0 Å². The summed E-state index contributed by atoms with van der Waals surface area (Å²) in [5.41, 5.74) is 1.72. The fraction of sp³-hybridized carbons (Fsp3) is 0.235. The molecule has 1 N–H and O–H groups in total. The Morgan fingerprint density at radius 2 is 1.86 bits per heavy atom. The summed E-state index contributed by atoms with van der Waals surface area (Å²) < 4.78 is 0.780. The van der Waals surface area contributed by atoms with Gasteiger partial charge in [-0.2, -0.15) is 0 Å². The van der Waals surface area contributed by atoms with Crippen LogP contribution < -0.4 is 5.56 Å². The van der Waals surface area contributed by atoms with Crippen LogP contribution in [-0.4, -0.2) is 15.0 Å². The number of H-pyrrole nitrogens is 1. The second-order valence-corrected chi connectivity index (χ2v) is 6.15. The summed E-state index contributed by atoms with van der Waals surface area (Å²) in [4.78, 5) is 23.5. The van der Waals surface area contributed by atoms with Crippen LogP contribution in [0.3, 0.4) is 0 Å². The lowest BCUT2D eigenvalue weighted by molar-refractivity contribution is 0.707. The molecule has 0 radical (unpaired) electrons. The highest BCUT2D eigenvalue weighted by Crippen LogP contribution is 2.13. The third kappa shape index (κ3) is 3.60. The van der Waals surface area contributed by atoms with Gasteiger partial charge in [0.2, 0.25) is 0 Å². The minimum atomic E-state index is -0.128. The number of rotatable bonds is 5. The average Bonchev–Trinajstić information content (AvgIpc) is 2.53. The molecule has 0 aliphatic rings. The Morgan fingerprint density at radius 1 is 1.09 bits per heavy atom. The van der Waals surface area contributed by atoms with E-state index in [1.807, 2.05) is 6.07 Å². The van der Waals surface area contributed by atoms with E-state index in [2.05, 4.69) is 55.1 Å². The van der Waals surface area contributed by atoms with Crippen molar-refractivity contribution < 1.29 is 0 Å². The lowest BCUT2D eigenvalue weighted by atomic mass is 10.1. The third-order valence-electron chi connectivity index (χ3n) is 3.55. The number of aromatic nitrogens is 3. The minimum Gasteiger partial charge on any atom is -0.310 e. The van der Waals surface area contributed by atoms with Gasteiger partial charge in [-0.3, -0.25) is 4.79 Å². The van der Waals surface area contributed by atoms with Crippen molar-refractivity contribution in [1.82, 2.24) is 15.0 Å². The average molecular weight is 358 g/mol. The van der Waals surface area contributed by atoms with E-state index in [4.69, 9.17) is 0 Å². The van der Waals surface area contributed by atoms with Crippen LogP contribution in [0.4, 0.5) is 0 Å². The zero-order chi connectivity index (χ0) is 15.4. The first-order valence-electron chi connectivity index (χ1n) is 7.31. The molecule has 2 aromatic heterocycles. The Bertz CT molecular complexity index is 830. The van der Waals surface area contributed by atoms with E-state index in [0.717, 1.165) is 30.2 Å². The standard InChI is InChI=1S/C17H16BrN3O/c18-13-10-14-16(19-11-13)20-15(21-17(14)22)9-5-4-8-12-6-2-1-3-7-12/h1-3,6-7,10-11H,4-5,8-9H2,(H,19,20,21,22). The van der Waals surface area contributed by atoms with Crippen LogP contribution in [0.5, 0.6) is 0 Å². The Hall–Kier alpha value is -2.01. The maximum absolute atomic E-state index is 12.0. The first kappa shape index (κ1) is 14.9.